The summed E-state index contributed by atoms with van der Waals surface area (Å²) in [5, 5.41) is 46.4. The van der Waals surface area contributed by atoms with Crippen LogP contribution in [0.5, 0.6) is 17.2 Å². The van der Waals surface area contributed by atoms with E-state index < -0.39 is 101 Å². The van der Waals surface area contributed by atoms with Crippen LogP contribution < -0.4 is 20.7 Å². The molecular formula is C50H60N6O17S. The molecule has 3 saturated heterocycles. The predicted octanol–water partition coefficient (Wildman–Crippen LogP) is 1.18. The number of phenols is 2. The first-order chi connectivity index (χ1) is 35.4. The van der Waals surface area contributed by atoms with Gasteiger partial charge in [-0.2, -0.15) is 0 Å². The number of nitrogens with zero attached hydrogens (tertiary/aromatic N) is 3. The third-order valence-electron chi connectivity index (χ3n) is 14.0. The molecule has 4 amide bonds. The Balaban J connectivity index is 0.940. The lowest BCUT2D eigenvalue weighted by Gasteiger charge is -2.43. The van der Waals surface area contributed by atoms with Crippen molar-refractivity contribution < 1.29 is 82.1 Å². The highest BCUT2D eigenvalue weighted by Gasteiger charge is 2.55. The summed E-state index contributed by atoms with van der Waals surface area (Å²) in [4.78, 5) is 110. The Hall–Kier alpha value is -6.25. The molecule has 0 unspecified atom stereocenters. The minimum Gasteiger partial charge on any atom is -0.507 e. The quantitative estimate of drug-likeness (QED) is 0.0677. The van der Waals surface area contributed by atoms with E-state index in [-0.39, 0.29) is 129 Å². The molecule has 23 nitrogen and oxygen atoms in total. The summed E-state index contributed by atoms with van der Waals surface area (Å²) in [6, 6.07) is 4.26. The zero-order valence-electron chi connectivity index (χ0n) is 41.6. The molecule has 6 N–H and O–H groups in total. The molecule has 24 heteroatoms. The van der Waals surface area contributed by atoms with Crippen LogP contribution in [0.2, 0.25) is 0 Å². The summed E-state index contributed by atoms with van der Waals surface area (Å²) in [5.41, 5.74) is -2.82. The van der Waals surface area contributed by atoms with Gasteiger partial charge in [-0.05, 0) is 13.0 Å². The number of nitrogens with one attached hydrogen (secondary N) is 3. The first kappa shape index (κ1) is 54.0. The van der Waals surface area contributed by atoms with Crippen LogP contribution in [-0.4, -0.2) is 168 Å². The number of ether oxygens (including phenoxy) is 6. The fourth-order valence-electron chi connectivity index (χ4n) is 10.1. The number of Topliss-reactive ketones (excluding diaryl/α,β-unsaturated/α-hetero) is 2. The SMILES string of the molecule is CCC(=O)NCC(=O)CCC(=O)NCC(=O)CCC(=O)NCC(=O)N(C)Cc1nc([C@]2(O)Cc3c(O)c4c(c(O)c3[C@@H](O[C@H]3C[C@H]5[C@H](O[C@@H]6[C@@H](OC)OCCN65)[C@H](C)O3)C2)C(=O)c2c(OC)cccc2C4=O)cs1. The first-order valence-corrected chi connectivity index (χ1v) is 25.2. The number of hydrogen-bond donors (Lipinski definition) is 6. The molecule has 0 spiro atoms. The van der Waals surface area contributed by atoms with Crippen molar-refractivity contribution in [3.05, 3.63) is 67.7 Å². The van der Waals surface area contributed by atoms with Crippen molar-refractivity contribution in [1.29, 1.82) is 0 Å². The number of likely N-dealkylation sites (N-methyl/N-ethyl adjacent to an activating group) is 1. The molecular weight excluding hydrogens is 989 g/mol. The summed E-state index contributed by atoms with van der Waals surface area (Å²) in [6.07, 6.45) is -5.13. The van der Waals surface area contributed by atoms with Gasteiger partial charge in [0.25, 0.3) is 0 Å². The van der Waals surface area contributed by atoms with E-state index in [1.807, 2.05) is 6.92 Å². The molecule has 3 aromatic rings. The van der Waals surface area contributed by atoms with Crippen molar-refractivity contribution in [2.45, 2.75) is 121 Å². The maximum Gasteiger partial charge on any atom is 0.242 e. The number of phenolic OH excluding ortho intramolecular Hbond substituents is 2. The number of rotatable bonds is 20. The van der Waals surface area contributed by atoms with Gasteiger partial charge in [0.2, 0.25) is 29.4 Å². The van der Waals surface area contributed by atoms with Gasteiger partial charge < -0.3 is 64.6 Å². The van der Waals surface area contributed by atoms with E-state index in [9.17, 15) is 53.7 Å². The highest BCUT2D eigenvalue weighted by Crippen LogP contribution is 2.55. The molecule has 398 valence electrons. The fourth-order valence-corrected chi connectivity index (χ4v) is 11.0. The molecule has 0 saturated carbocycles. The van der Waals surface area contributed by atoms with Crippen LogP contribution in [0.15, 0.2) is 23.6 Å². The third kappa shape index (κ3) is 11.1. The summed E-state index contributed by atoms with van der Waals surface area (Å²) >= 11 is 1.13. The smallest absolute Gasteiger partial charge is 0.242 e. The molecule has 2 aromatic carbocycles. The third-order valence-corrected chi connectivity index (χ3v) is 14.8. The Morgan fingerprint density at radius 3 is 2.26 bits per heavy atom. The average molecular weight is 1050 g/mol. The molecule has 74 heavy (non-hydrogen) atoms. The minimum absolute atomic E-state index is 0.00834. The zero-order chi connectivity index (χ0) is 53.2. The summed E-state index contributed by atoms with van der Waals surface area (Å²) < 4.78 is 36.3. The van der Waals surface area contributed by atoms with E-state index in [4.69, 9.17) is 33.4 Å². The van der Waals surface area contributed by atoms with Crippen molar-refractivity contribution in [3.8, 4) is 17.2 Å². The summed E-state index contributed by atoms with van der Waals surface area (Å²) in [6.45, 7) is 3.42. The molecule has 1 aromatic heterocycles. The predicted molar refractivity (Wildman–Crippen MR) is 257 cm³/mol. The Kier molecular flexibility index (Phi) is 16.6. The van der Waals surface area contributed by atoms with Gasteiger partial charge in [0.15, 0.2) is 36.2 Å². The second-order valence-corrected chi connectivity index (χ2v) is 19.8. The van der Waals surface area contributed by atoms with E-state index in [0.717, 1.165) is 11.3 Å². The van der Waals surface area contributed by atoms with Gasteiger partial charge >= 0.3 is 0 Å². The van der Waals surface area contributed by atoms with Gasteiger partial charge in [-0.25, -0.2) is 4.98 Å². The number of thiazole rings is 1. The van der Waals surface area contributed by atoms with Crippen molar-refractivity contribution in [1.82, 2.24) is 30.7 Å². The van der Waals surface area contributed by atoms with Crippen LogP contribution in [0.25, 0.3) is 0 Å². The van der Waals surface area contributed by atoms with Crippen molar-refractivity contribution in [2.24, 2.45) is 0 Å². The highest BCUT2D eigenvalue weighted by atomic mass is 32.1. The largest absolute Gasteiger partial charge is 0.507 e. The number of ketones is 4. The lowest BCUT2D eigenvalue weighted by Crippen LogP contribution is -2.55. The monoisotopic (exact) mass is 1050 g/mol. The number of carbonyl (C=O) groups excluding carboxylic acids is 8. The molecule has 2 aliphatic carbocycles. The van der Waals surface area contributed by atoms with Crippen molar-refractivity contribution in [3.63, 3.8) is 0 Å². The Bertz CT molecular complexity index is 2730. The zero-order valence-corrected chi connectivity index (χ0v) is 42.4. The van der Waals surface area contributed by atoms with Crippen LogP contribution in [0.3, 0.4) is 0 Å². The van der Waals surface area contributed by atoms with Crippen LogP contribution in [-0.2, 0) is 71.0 Å². The van der Waals surface area contributed by atoms with Gasteiger partial charge in [0.05, 0.1) is 74.5 Å². The minimum atomic E-state index is -1.92. The number of methoxy groups -OCH3 is 2. The number of aliphatic hydroxyl groups is 1. The standard InChI is InChI=1S/C50H60N6O17S/c1-6-33(59)51-19-25(57)10-12-34(60)52-20-26(58)11-13-35(61)53-21-37(62)55(3)22-36-54-32(23-74-36)50(67)17-28-40(46(66)42-41(44(28)64)43(63)27-8-7-9-30(68-4)39(27)45(42)65)31(18-50)72-38-16-29-47(24(2)71-38)73-48-49(69-5)70-15-14-56(29)48/h7-9,23-24,29,31,38,47-49,64,66-67H,6,10-22H2,1-5H3,(H,51,59)(H,52,60)(H,53,61)/t24-,29-,31-,38-,47+,48+,49-,50-/m0/s1. The van der Waals surface area contributed by atoms with Crippen molar-refractivity contribution >= 4 is 58.1 Å². The molecule has 4 heterocycles. The number of morpholine rings is 1. The Morgan fingerprint density at radius 1 is 0.905 bits per heavy atom. The van der Waals surface area contributed by atoms with Gasteiger partial charge in [-0.15, -0.1) is 11.3 Å². The molecule has 3 fully saturated rings. The number of amides is 4. The van der Waals surface area contributed by atoms with E-state index >= 15 is 0 Å². The Morgan fingerprint density at radius 2 is 1.58 bits per heavy atom. The fraction of sp³-hybridized carbons (Fsp3) is 0.540. The van der Waals surface area contributed by atoms with Gasteiger partial charge in [0.1, 0.15) is 34.0 Å². The van der Waals surface area contributed by atoms with E-state index in [0.29, 0.717) is 18.2 Å². The Labute approximate surface area is 429 Å². The van der Waals surface area contributed by atoms with Crippen LogP contribution in [0.1, 0.15) is 119 Å². The molecule has 5 aliphatic rings. The summed E-state index contributed by atoms with van der Waals surface area (Å²) in [5.74, 6) is -5.30. The van der Waals surface area contributed by atoms with Gasteiger partial charge in [-0.3, -0.25) is 43.3 Å². The van der Waals surface area contributed by atoms with E-state index in [1.54, 1.807) is 12.3 Å². The molecule has 8 atom stereocenters. The van der Waals surface area contributed by atoms with Gasteiger partial charge in [0, 0.05) is 100 Å². The second kappa shape index (κ2) is 22.7. The lowest BCUT2D eigenvalue weighted by atomic mass is 9.72. The molecule has 8 rings (SSSR count). The van der Waals surface area contributed by atoms with Crippen LogP contribution in [0.4, 0.5) is 0 Å². The van der Waals surface area contributed by atoms with E-state index in [1.165, 1.54) is 44.4 Å². The number of carbonyl (C=O) groups is 8. The molecule has 0 bridgehead atoms. The highest BCUT2D eigenvalue weighted by molar-refractivity contribution is 7.09. The number of benzene rings is 2. The topological polar surface area (TPSA) is 308 Å². The van der Waals surface area contributed by atoms with Crippen LogP contribution in [0, 0.1) is 0 Å². The average Bonchev–Trinajstić information content (AvgIpc) is 4.03. The number of hydrogen-bond acceptors (Lipinski definition) is 20. The van der Waals surface area contributed by atoms with Gasteiger partial charge in [-0.1, -0.05) is 19.1 Å². The molecule has 0 radical (unpaired) electrons. The molecule has 3 aliphatic heterocycles. The number of aromatic nitrogens is 1. The van der Waals surface area contributed by atoms with Crippen LogP contribution >= 0.6 is 11.3 Å². The normalized spacial score (nSPS) is 24.9. The van der Waals surface area contributed by atoms with E-state index in [2.05, 4.69) is 20.9 Å². The van der Waals surface area contributed by atoms with Crippen molar-refractivity contribution in [2.75, 3.05) is 54.1 Å². The maximum atomic E-state index is 14.3. The second-order valence-electron chi connectivity index (χ2n) is 18.8. The summed E-state index contributed by atoms with van der Waals surface area (Å²) in [7, 11) is 4.37. The first-order valence-electron chi connectivity index (χ1n) is 24.3. The maximum absolute atomic E-state index is 14.3. The number of aromatic hydroxyl groups is 2. The lowest BCUT2D eigenvalue weighted by molar-refractivity contribution is -0.256. The number of fused-ring (bicyclic) bond motifs is 6.